The van der Waals surface area contributed by atoms with Crippen molar-refractivity contribution in [2.75, 3.05) is 18.4 Å². The summed E-state index contributed by atoms with van der Waals surface area (Å²) in [6.45, 7) is 2.89. The van der Waals surface area contributed by atoms with Crippen molar-refractivity contribution in [2.24, 2.45) is 0 Å². The Labute approximate surface area is 173 Å². The van der Waals surface area contributed by atoms with Gasteiger partial charge in [0, 0.05) is 43.2 Å². The zero-order valence-corrected chi connectivity index (χ0v) is 17.1. The fourth-order valence-electron chi connectivity index (χ4n) is 3.31. The summed E-state index contributed by atoms with van der Waals surface area (Å²) in [6.07, 6.45) is 2.15. The molecule has 6 nitrogen and oxygen atoms in total. The maximum atomic E-state index is 14.0. The van der Waals surface area contributed by atoms with E-state index in [2.05, 4.69) is 10.6 Å². The van der Waals surface area contributed by atoms with Gasteiger partial charge in [-0.25, -0.2) is 4.39 Å². The van der Waals surface area contributed by atoms with Crippen LogP contribution in [0.1, 0.15) is 42.1 Å². The Hall–Kier alpha value is -2.74. The van der Waals surface area contributed by atoms with E-state index in [4.69, 9.17) is 0 Å². The fraction of sp³-hybridized carbons (Fsp3) is 0.381. The second kappa shape index (κ2) is 9.65. The molecule has 1 aliphatic heterocycles. The van der Waals surface area contributed by atoms with Crippen molar-refractivity contribution in [3.8, 4) is 0 Å². The lowest BCUT2D eigenvalue weighted by Gasteiger charge is -2.16. The number of rotatable bonds is 8. The molecule has 3 amide bonds. The summed E-state index contributed by atoms with van der Waals surface area (Å²) in [6, 6.07) is 5.65. The summed E-state index contributed by atoms with van der Waals surface area (Å²) >= 11 is 1.59. The van der Waals surface area contributed by atoms with Crippen LogP contribution in [0.4, 0.5) is 10.1 Å². The number of hydrogen-bond acceptors (Lipinski definition) is 4. The Morgan fingerprint density at radius 1 is 1.31 bits per heavy atom. The predicted octanol–water partition coefficient (Wildman–Crippen LogP) is 3.20. The van der Waals surface area contributed by atoms with Crippen molar-refractivity contribution >= 4 is 34.7 Å². The molecular weight excluding hydrogens is 393 g/mol. The number of hydrogen-bond donors (Lipinski definition) is 2. The van der Waals surface area contributed by atoms with Crippen molar-refractivity contribution in [3.63, 3.8) is 0 Å². The van der Waals surface area contributed by atoms with Gasteiger partial charge in [-0.3, -0.25) is 14.4 Å². The van der Waals surface area contributed by atoms with Gasteiger partial charge in [-0.05, 0) is 60.4 Å². The summed E-state index contributed by atoms with van der Waals surface area (Å²) in [7, 11) is 0. The average molecular weight is 418 g/mol. The summed E-state index contributed by atoms with van der Waals surface area (Å²) in [5, 5.41) is 9.46. The minimum atomic E-state index is -0.604. The molecule has 2 N–H and O–H groups in total. The molecule has 0 saturated carbocycles. The Bertz CT molecular complexity index is 885. The largest absolute Gasteiger partial charge is 0.349 e. The SMILES string of the molecule is CC(Cc1ccsc1)NC(=O)c1cc(F)cc(NC(=O)CCN2CCCC2=O)c1. The number of likely N-dealkylation sites (tertiary alicyclic amines) is 1. The molecule has 1 saturated heterocycles. The second-order valence-corrected chi connectivity index (χ2v) is 8.00. The van der Waals surface area contributed by atoms with Crippen molar-refractivity contribution in [3.05, 3.63) is 52.0 Å². The molecular formula is C21H24FN3O3S. The van der Waals surface area contributed by atoms with E-state index >= 15 is 0 Å². The highest BCUT2D eigenvalue weighted by Gasteiger charge is 2.20. The number of nitrogens with one attached hydrogen (secondary N) is 2. The third kappa shape index (κ3) is 6.12. The van der Waals surface area contributed by atoms with E-state index in [-0.39, 0.29) is 35.5 Å². The van der Waals surface area contributed by atoms with Crippen LogP contribution in [0.3, 0.4) is 0 Å². The molecule has 0 spiro atoms. The summed E-state index contributed by atoms with van der Waals surface area (Å²) in [5.74, 6) is -1.27. The zero-order valence-electron chi connectivity index (χ0n) is 16.2. The molecule has 1 fully saturated rings. The Morgan fingerprint density at radius 3 is 2.83 bits per heavy atom. The maximum absolute atomic E-state index is 14.0. The molecule has 154 valence electrons. The van der Waals surface area contributed by atoms with Crippen LogP contribution in [-0.2, 0) is 16.0 Å². The van der Waals surface area contributed by atoms with E-state index in [1.807, 2.05) is 23.8 Å². The number of benzene rings is 1. The first-order valence-electron chi connectivity index (χ1n) is 9.61. The molecule has 2 heterocycles. The molecule has 1 aromatic carbocycles. The smallest absolute Gasteiger partial charge is 0.251 e. The molecule has 0 bridgehead atoms. The van der Waals surface area contributed by atoms with Crippen LogP contribution >= 0.6 is 11.3 Å². The average Bonchev–Trinajstić information content (AvgIpc) is 3.31. The van der Waals surface area contributed by atoms with Gasteiger partial charge in [0.15, 0.2) is 0 Å². The normalized spacial score (nSPS) is 14.7. The minimum absolute atomic E-state index is 0.0547. The number of thiophene rings is 1. The van der Waals surface area contributed by atoms with Crippen LogP contribution in [0.15, 0.2) is 35.0 Å². The number of carbonyl (C=O) groups is 3. The van der Waals surface area contributed by atoms with Crippen molar-refractivity contribution in [1.29, 1.82) is 0 Å². The van der Waals surface area contributed by atoms with Crippen LogP contribution in [0.25, 0.3) is 0 Å². The van der Waals surface area contributed by atoms with E-state index in [1.165, 1.54) is 12.1 Å². The number of amides is 3. The maximum Gasteiger partial charge on any atom is 0.251 e. The summed E-state index contributed by atoms with van der Waals surface area (Å²) in [5.41, 5.74) is 1.50. The first-order chi connectivity index (χ1) is 13.9. The molecule has 8 heteroatoms. The molecule has 29 heavy (non-hydrogen) atoms. The molecule has 0 aliphatic carbocycles. The molecule has 1 aliphatic rings. The van der Waals surface area contributed by atoms with Gasteiger partial charge >= 0.3 is 0 Å². The van der Waals surface area contributed by atoms with Crippen LogP contribution in [-0.4, -0.2) is 41.8 Å². The van der Waals surface area contributed by atoms with E-state index in [0.29, 0.717) is 25.9 Å². The van der Waals surface area contributed by atoms with Gasteiger partial charge in [-0.1, -0.05) is 0 Å². The van der Waals surface area contributed by atoms with E-state index in [0.717, 1.165) is 18.1 Å². The predicted molar refractivity (Wildman–Crippen MR) is 110 cm³/mol. The van der Waals surface area contributed by atoms with Crippen LogP contribution in [0.2, 0.25) is 0 Å². The molecule has 3 rings (SSSR count). The van der Waals surface area contributed by atoms with Gasteiger partial charge in [0.1, 0.15) is 5.82 Å². The Kier molecular flexibility index (Phi) is 6.98. The first kappa shape index (κ1) is 21.0. The van der Waals surface area contributed by atoms with Crippen LogP contribution in [0.5, 0.6) is 0 Å². The van der Waals surface area contributed by atoms with E-state index in [9.17, 15) is 18.8 Å². The quantitative estimate of drug-likeness (QED) is 0.692. The second-order valence-electron chi connectivity index (χ2n) is 7.22. The van der Waals surface area contributed by atoms with Gasteiger partial charge < -0.3 is 15.5 Å². The van der Waals surface area contributed by atoms with Gasteiger partial charge in [0.25, 0.3) is 5.91 Å². The van der Waals surface area contributed by atoms with Gasteiger partial charge in [-0.2, -0.15) is 11.3 Å². The molecule has 1 atom stereocenters. The van der Waals surface area contributed by atoms with Gasteiger partial charge in [0.2, 0.25) is 11.8 Å². The molecule has 1 unspecified atom stereocenters. The zero-order chi connectivity index (χ0) is 20.8. The lowest BCUT2D eigenvalue weighted by Crippen LogP contribution is -2.34. The lowest BCUT2D eigenvalue weighted by atomic mass is 10.1. The molecule has 2 aromatic rings. The third-order valence-electron chi connectivity index (χ3n) is 4.72. The van der Waals surface area contributed by atoms with Gasteiger partial charge in [-0.15, -0.1) is 0 Å². The minimum Gasteiger partial charge on any atom is -0.349 e. The summed E-state index contributed by atoms with van der Waals surface area (Å²) < 4.78 is 14.0. The monoisotopic (exact) mass is 417 g/mol. The van der Waals surface area contributed by atoms with E-state index < -0.39 is 11.7 Å². The van der Waals surface area contributed by atoms with Crippen molar-refractivity contribution in [2.45, 2.75) is 38.6 Å². The van der Waals surface area contributed by atoms with Crippen molar-refractivity contribution in [1.82, 2.24) is 10.2 Å². The van der Waals surface area contributed by atoms with Crippen molar-refractivity contribution < 1.29 is 18.8 Å². The highest BCUT2D eigenvalue weighted by molar-refractivity contribution is 7.07. The molecule has 1 aromatic heterocycles. The van der Waals surface area contributed by atoms with Crippen LogP contribution in [0, 0.1) is 5.82 Å². The summed E-state index contributed by atoms with van der Waals surface area (Å²) in [4.78, 5) is 37.9. The fourth-order valence-corrected chi connectivity index (χ4v) is 4.00. The molecule has 0 radical (unpaired) electrons. The number of halogens is 1. The number of carbonyl (C=O) groups excluding carboxylic acids is 3. The first-order valence-corrected chi connectivity index (χ1v) is 10.5. The lowest BCUT2D eigenvalue weighted by molar-refractivity contribution is -0.128. The number of anilines is 1. The topological polar surface area (TPSA) is 78.5 Å². The third-order valence-corrected chi connectivity index (χ3v) is 5.46. The highest BCUT2D eigenvalue weighted by Crippen LogP contribution is 2.16. The number of nitrogens with zero attached hydrogens (tertiary/aromatic N) is 1. The Morgan fingerprint density at radius 2 is 2.14 bits per heavy atom. The van der Waals surface area contributed by atoms with Gasteiger partial charge in [0.05, 0.1) is 0 Å². The van der Waals surface area contributed by atoms with Crippen LogP contribution < -0.4 is 10.6 Å². The standard InChI is InChI=1S/C21H24FN3O3S/c1-14(9-15-5-8-29-13-15)23-21(28)16-10-17(22)12-18(11-16)24-19(26)4-7-25-6-2-3-20(25)27/h5,8,10-14H,2-4,6-7,9H2,1H3,(H,23,28)(H,24,26). The Balaban J connectivity index is 1.56. The van der Waals surface area contributed by atoms with E-state index in [1.54, 1.807) is 16.2 Å². The highest BCUT2D eigenvalue weighted by atomic mass is 32.1.